The number of hydrogen-bond donors (Lipinski definition) is 8. The van der Waals surface area contributed by atoms with Gasteiger partial charge in [-0.1, -0.05) is 187 Å². The van der Waals surface area contributed by atoms with Crippen LogP contribution in [0, 0.1) is 41.4 Å². The number of phenolic OH excluding ortho intramolecular Hbond substituents is 8. The fraction of sp³-hybridized carbons (Fsp3) is 0.513. The molecule has 8 N–H and O–H groups in total. The molecule has 5 aromatic carbocycles. The van der Waals surface area contributed by atoms with Crippen LogP contribution in [0.25, 0.3) is 0 Å². The normalized spacial score (nSPS) is 27.4. The molecular weight excluding hydrogens is 1060 g/mol. The lowest BCUT2D eigenvalue weighted by Crippen LogP contribution is -2.26. The summed E-state index contributed by atoms with van der Waals surface area (Å²) in [7, 11) is 0. The molecule has 4 saturated carbocycles. The van der Waals surface area contributed by atoms with Crippen LogP contribution in [0.3, 0.4) is 0 Å². The summed E-state index contributed by atoms with van der Waals surface area (Å²) in [6.45, 7) is 4.53. The molecule has 8 heteroatoms. The second-order valence-electron chi connectivity index (χ2n) is 28.4. The molecule has 0 spiro atoms. The highest BCUT2D eigenvalue weighted by molar-refractivity contribution is 5.67. The number of hydrogen-bond acceptors (Lipinski definition) is 8. The van der Waals surface area contributed by atoms with Gasteiger partial charge in [-0.05, 0) is 147 Å². The van der Waals surface area contributed by atoms with Gasteiger partial charge in [-0.2, -0.15) is 0 Å². The molecule has 8 nitrogen and oxygen atoms in total. The van der Waals surface area contributed by atoms with Gasteiger partial charge in [0.2, 0.25) is 0 Å². The van der Waals surface area contributed by atoms with Crippen LogP contribution in [0.5, 0.6) is 46.0 Å². The van der Waals surface area contributed by atoms with Crippen LogP contribution in [-0.2, 0) is 0 Å². The maximum atomic E-state index is 12.7. The highest BCUT2D eigenvalue weighted by atomic mass is 16.3. The topological polar surface area (TPSA) is 162 Å². The zero-order valence-electron chi connectivity index (χ0n) is 51.1. The Hall–Kier alpha value is -6.54. The first kappa shape index (κ1) is 58.5. The molecular formula is C78H94O8. The summed E-state index contributed by atoms with van der Waals surface area (Å²) in [5, 5.41) is 101. The zero-order chi connectivity index (χ0) is 59.3. The van der Waals surface area contributed by atoms with Crippen molar-refractivity contribution in [1.82, 2.24) is 0 Å². The van der Waals surface area contributed by atoms with Gasteiger partial charge in [0, 0.05) is 92.4 Å². The van der Waals surface area contributed by atoms with Crippen LogP contribution < -0.4 is 0 Å². The van der Waals surface area contributed by atoms with Crippen LogP contribution in [-0.4, -0.2) is 40.9 Å². The Morgan fingerprint density at radius 3 is 0.977 bits per heavy atom. The van der Waals surface area contributed by atoms with Crippen molar-refractivity contribution in [3.63, 3.8) is 0 Å². The van der Waals surface area contributed by atoms with Crippen molar-refractivity contribution < 1.29 is 40.9 Å². The van der Waals surface area contributed by atoms with Gasteiger partial charge in [0.1, 0.15) is 46.0 Å². The molecule has 6 atom stereocenters. The molecule has 13 rings (SSSR count). The monoisotopic (exact) mass is 1160 g/mol. The van der Waals surface area contributed by atoms with Crippen molar-refractivity contribution >= 4 is 0 Å². The number of phenols is 8. The Balaban J connectivity index is 1.08. The molecule has 8 aliphatic rings. The maximum absolute atomic E-state index is 12.7. The van der Waals surface area contributed by atoms with E-state index in [4.69, 9.17) is 0 Å². The lowest BCUT2D eigenvalue weighted by atomic mass is 9.66. The molecule has 8 aliphatic carbocycles. The molecule has 8 bridgehead atoms. The Bertz CT molecular complexity index is 3260. The molecule has 0 aromatic heterocycles. The zero-order valence-corrected chi connectivity index (χ0v) is 51.1. The van der Waals surface area contributed by atoms with Crippen molar-refractivity contribution in [3.05, 3.63) is 175 Å². The number of rotatable bonds is 8. The van der Waals surface area contributed by atoms with Crippen LogP contribution >= 0.6 is 0 Å². The third kappa shape index (κ3) is 11.4. The number of allylic oxidation sites excluding steroid dienone is 8. The smallest absolute Gasteiger partial charge is 0.123 e. The molecule has 86 heavy (non-hydrogen) atoms. The van der Waals surface area contributed by atoms with Crippen molar-refractivity contribution in [2.24, 2.45) is 41.4 Å². The SMILES string of the molecule is CC1CC(C2CCCCC2)CC=C1C1c2cc(c(O)cc2O)C(C2=CC=C(C3CCCCC3)CC2)c2cc(c(O)cc2O)C(C2=CCC(C3CCCCC3)CC2C)c2cc(c(O)cc2O)C(c2ccc(C3CCCCC3)cc2)c2cc1c(O)cc2O. The molecule has 0 heterocycles. The maximum Gasteiger partial charge on any atom is 0.123 e. The summed E-state index contributed by atoms with van der Waals surface area (Å²) >= 11 is 0. The molecule has 0 aliphatic heterocycles. The Morgan fingerprint density at radius 1 is 0.302 bits per heavy atom. The summed E-state index contributed by atoms with van der Waals surface area (Å²) in [4.78, 5) is 0. The van der Waals surface area contributed by atoms with Gasteiger partial charge in [-0.25, -0.2) is 0 Å². The first-order chi connectivity index (χ1) is 41.8. The average molecular weight is 1160 g/mol. The van der Waals surface area contributed by atoms with E-state index in [-0.39, 0.29) is 57.8 Å². The minimum Gasteiger partial charge on any atom is -0.507 e. The Kier molecular flexibility index (Phi) is 16.9. The van der Waals surface area contributed by atoms with Crippen LogP contribution in [0.4, 0.5) is 0 Å². The Labute approximate surface area is 511 Å². The van der Waals surface area contributed by atoms with Gasteiger partial charge in [-0.3, -0.25) is 0 Å². The summed E-state index contributed by atoms with van der Waals surface area (Å²) in [6.07, 6.45) is 38.6. The largest absolute Gasteiger partial charge is 0.507 e. The summed E-state index contributed by atoms with van der Waals surface area (Å²) in [5.74, 6) is -1.04. The first-order valence-electron chi connectivity index (χ1n) is 33.9. The average Bonchev–Trinajstić information content (AvgIpc) is 0.811. The molecule has 454 valence electrons. The van der Waals surface area contributed by atoms with Crippen LogP contribution in [0.15, 0.2) is 119 Å². The van der Waals surface area contributed by atoms with E-state index >= 15 is 0 Å². The summed E-state index contributed by atoms with van der Waals surface area (Å²) < 4.78 is 0. The Morgan fingerprint density at radius 2 is 0.616 bits per heavy atom. The van der Waals surface area contributed by atoms with Gasteiger partial charge in [0.25, 0.3) is 0 Å². The van der Waals surface area contributed by atoms with Gasteiger partial charge in [0.15, 0.2) is 0 Å². The van der Waals surface area contributed by atoms with Crippen molar-refractivity contribution in [2.75, 3.05) is 0 Å². The van der Waals surface area contributed by atoms with Crippen molar-refractivity contribution in [3.8, 4) is 46.0 Å². The van der Waals surface area contributed by atoms with E-state index in [0.29, 0.717) is 86.4 Å². The van der Waals surface area contributed by atoms with Crippen LogP contribution in [0.2, 0.25) is 0 Å². The molecule has 0 saturated heterocycles. The fourth-order valence-electron chi connectivity index (χ4n) is 18.7. The molecule has 6 unspecified atom stereocenters. The second kappa shape index (κ2) is 24.9. The highest BCUT2D eigenvalue weighted by Crippen LogP contribution is 2.58. The third-order valence-corrected chi connectivity index (χ3v) is 23.3. The fourth-order valence-corrected chi connectivity index (χ4v) is 18.7. The van der Waals surface area contributed by atoms with Gasteiger partial charge in [0.05, 0.1) is 0 Å². The summed E-state index contributed by atoms with van der Waals surface area (Å²) in [5.41, 5.74) is 10.3. The predicted octanol–water partition coefficient (Wildman–Crippen LogP) is 19.6. The molecule has 4 fully saturated rings. The number of fused-ring (bicyclic) bond motifs is 8. The van der Waals surface area contributed by atoms with E-state index in [9.17, 15) is 40.9 Å². The molecule has 5 aromatic rings. The second-order valence-corrected chi connectivity index (χ2v) is 28.4. The lowest BCUT2D eigenvalue weighted by Gasteiger charge is -2.39. The van der Waals surface area contributed by atoms with E-state index in [2.05, 4.69) is 62.4 Å². The molecule has 0 amide bonds. The molecule has 0 radical (unpaired) electrons. The van der Waals surface area contributed by atoms with Crippen molar-refractivity contribution in [2.45, 2.75) is 210 Å². The van der Waals surface area contributed by atoms with Gasteiger partial charge >= 0.3 is 0 Å². The first-order valence-corrected chi connectivity index (χ1v) is 33.9. The predicted molar refractivity (Wildman–Crippen MR) is 343 cm³/mol. The van der Waals surface area contributed by atoms with Crippen LogP contribution in [0.1, 0.15) is 266 Å². The van der Waals surface area contributed by atoms with E-state index in [1.807, 2.05) is 24.3 Å². The minimum atomic E-state index is -0.840. The third-order valence-electron chi connectivity index (χ3n) is 23.3. The summed E-state index contributed by atoms with van der Waals surface area (Å²) in [6, 6.07) is 21.9. The lowest BCUT2D eigenvalue weighted by molar-refractivity contribution is 0.212. The van der Waals surface area contributed by atoms with Gasteiger partial charge < -0.3 is 40.9 Å². The van der Waals surface area contributed by atoms with E-state index < -0.39 is 23.7 Å². The van der Waals surface area contributed by atoms with Gasteiger partial charge in [-0.15, -0.1) is 0 Å². The number of aromatic hydroxyl groups is 8. The quantitative estimate of drug-likeness (QED) is 0.0713. The minimum absolute atomic E-state index is 0.0293. The number of benzene rings is 5. The standard InChI is InChI=1S/C78H94O8/c1-45-35-55(49-19-11-5-12-20-49)31-33-57(45)77-63-37-59(67(79)41-71(63)83)75(53-27-23-51(24-28-53)47-15-7-3-8-16-47)61-39-65(73(85)43-69(61)81)78(58-34-32-56(36-46(58)2)50-21-13-6-14-22-50)66-40-62(70(82)44-74(66)86)76(60-38-64(77)72(84)42-68(60)80)54-29-25-52(26-30-54)48-17-9-4-10-18-48/h23-25,27-29,33-34,37-50,55-56,75-86H,3-22,26,30-32,35-36H2,1-2H3. The van der Waals surface area contributed by atoms with E-state index in [1.54, 1.807) is 0 Å². The highest BCUT2D eigenvalue weighted by Gasteiger charge is 2.41. The van der Waals surface area contributed by atoms with E-state index in [1.165, 1.54) is 151 Å². The van der Waals surface area contributed by atoms with E-state index in [0.717, 1.165) is 67.2 Å². The van der Waals surface area contributed by atoms with Crippen molar-refractivity contribution in [1.29, 1.82) is 0 Å².